The van der Waals surface area contributed by atoms with Crippen LogP contribution in [0.2, 0.25) is 0 Å². The summed E-state index contributed by atoms with van der Waals surface area (Å²) in [6.45, 7) is 0.167. The van der Waals surface area contributed by atoms with Crippen LogP contribution in [0.4, 0.5) is 14.9 Å². The fourth-order valence-electron chi connectivity index (χ4n) is 1.89. The summed E-state index contributed by atoms with van der Waals surface area (Å²) >= 11 is 0. The van der Waals surface area contributed by atoms with Crippen molar-refractivity contribution >= 4 is 11.7 Å². The number of urea groups is 1. The Balaban J connectivity index is 1.58. The SMILES string of the molecule is O=C(NCc1cn(-c2cccnc2)nn1)Nc1ccccc1F. The van der Waals surface area contributed by atoms with E-state index in [0.29, 0.717) is 5.69 Å². The Morgan fingerprint density at radius 2 is 2.09 bits per heavy atom. The molecule has 0 unspecified atom stereocenters. The number of amides is 2. The number of rotatable bonds is 4. The van der Waals surface area contributed by atoms with Crippen molar-refractivity contribution in [2.45, 2.75) is 6.54 Å². The summed E-state index contributed by atoms with van der Waals surface area (Å²) < 4.78 is 15.0. The number of pyridine rings is 1. The summed E-state index contributed by atoms with van der Waals surface area (Å²) in [5.41, 5.74) is 1.45. The standard InChI is InChI=1S/C15H13FN6O/c16-13-5-1-2-6-14(13)19-15(23)18-8-11-10-22(21-20-11)12-4-3-7-17-9-12/h1-7,9-10H,8H2,(H2,18,19,23). The molecule has 0 saturated carbocycles. The number of nitrogens with one attached hydrogen (secondary N) is 2. The second kappa shape index (κ2) is 6.65. The topological polar surface area (TPSA) is 84.7 Å². The predicted octanol–water partition coefficient (Wildman–Crippen LogP) is 2.12. The molecular weight excluding hydrogens is 299 g/mol. The third-order valence-electron chi connectivity index (χ3n) is 3.00. The van der Waals surface area contributed by atoms with Crippen molar-refractivity contribution in [1.82, 2.24) is 25.3 Å². The number of anilines is 1. The van der Waals surface area contributed by atoms with E-state index in [1.165, 1.54) is 12.1 Å². The van der Waals surface area contributed by atoms with Gasteiger partial charge in [0.2, 0.25) is 0 Å². The summed E-state index contributed by atoms with van der Waals surface area (Å²) in [6, 6.07) is 9.04. The van der Waals surface area contributed by atoms with E-state index >= 15 is 0 Å². The molecule has 7 nitrogen and oxygen atoms in total. The van der Waals surface area contributed by atoms with Gasteiger partial charge in [0.1, 0.15) is 11.5 Å². The van der Waals surface area contributed by atoms with Crippen molar-refractivity contribution in [3.63, 3.8) is 0 Å². The van der Waals surface area contributed by atoms with Gasteiger partial charge in [-0.05, 0) is 24.3 Å². The zero-order valence-electron chi connectivity index (χ0n) is 12.0. The van der Waals surface area contributed by atoms with Crippen LogP contribution in [-0.4, -0.2) is 26.0 Å². The number of carbonyl (C=O) groups excluding carboxylic acids is 1. The van der Waals surface area contributed by atoms with Gasteiger partial charge in [-0.3, -0.25) is 4.98 Å². The molecule has 3 aromatic rings. The second-order valence-electron chi connectivity index (χ2n) is 4.65. The highest BCUT2D eigenvalue weighted by atomic mass is 19.1. The minimum atomic E-state index is -0.522. The van der Waals surface area contributed by atoms with Gasteiger partial charge in [-0.1, -0.05) is 17.3 Å². The number of carbonyl (C=O) groups is 1. The van der Waals surface area contributed by atoms with Crippen LogP contribution >= 0.6 is 0 Å². The van der Waals surface area contributed by atoms with Gasteiger partial charge in [-0.25, -0.2) is 13.9 Å². The van der Waals surface area contributed by atoms with Crippen LogP contribution in [0.15, 0.2) is 55.0 Å². The van der Waals surface area contributed by atoms with Crippen LogP contribution in [0.5, 0.6) is 0 Å². The number of halogens is 1. The van der Waals surface area contributed by atoms with Crippen LogP contribution < -0.4 is 10.6 Å². The van der Waals surface area contributed by atoms with Gasteiger partial charge in [0, 0.05) is 6.20 Å². The molecule has 116 valence electrons. The monoisotopic (exact) mass is 312 g/mol. The zero-order chi connectivity index (χ0) is 16.1. The Labute approximate surface area is 131 Å². The van der Waals surface area contributed by atoms with Crippen molar-refractivity contribution in [2.24, 2.45) is 0 Å². The van der Waals surface area contributed by atoms with Crippen molar-refractivity contribution in [3.8, 4) is 5.69 Å². The molecule has 2 N–H and O–H groups in total. The maximum Gasteiger partial charge on any atom is 0.319 e. The first-order valence-electron chi connectivity index (χ1n) is 6.83. The Morgan fingerprint density at radius 1 is 1.22 bits per heavy atom. The maximum absolute atomic E-state index is 13.4. The normalized spacial score (nSPS) is 10.3. The first kappa shape index (κ1) is 14.6. The van der Waals surface area contributed by atoms with Crippen molar-refractivity contribution in [2.75, 3.05) is 5.32 Å². The lowest BCUT2D eigenvalue weighted by Crippen LogP contribution is -2.28. The fourth-order valence-corrected chi connectivity index (χ4v) is 1.89. The summed E-state index contributed by atoms with van der Waals surface area (Å²) in [4.78, 5) is 15.8. The average molecular weight is 312 g/mol. The number of benzene rings is 1. The van der Waals surface area contributed by atoms with Gasteiger partial charge >= 0.3 is 6.03 Å². The summed E-state index contributed by atoms with van der Waals surface area (Å²) in [5.74, 6) is -0.495. The Bertz CT molecular complexity index is 804. The molecule has 2 heterocycles. The first-order valence-corrected chi connectivity index (χ1v) is 6.83. The predicted molar refractivity (Wildman–Crippen MR) is 81.4 cm³/mol. The molecule has 3 rings (SSSR count). The van der Waals surface area contributed by atoms with Crippen LogP contribution in [-0.2, 0) is 6.54 Å². The molecule has 1 aromatic carbocycles. The highest BCUT2D eigenvalue weighted by Crippen LogP contribution is 2.12. The fraction of sp³-hybridized carbons (Fsp3) is 0.0667. The van der Waals surface area contributed by atoms with Gasteiger partial charge in [0.15, 0.2) is 0 Å². The molecule has 0 atom stereocenters. The number of aromatic nitrogens is 4. The molecule has 8 heteroatoms. The van der Waals surface area contributed by atoms with E-state index in [1.807, 2.05) is 6.07 Å². The quantitative estimate of drug-likeness (QED) is 0.773. The van der Waals surface area contributed by atoms with Gasteiger partial charge in [0.05, 0.1) is 30.3 Å². The largest absolute Gasteiger partial charge is 0.332 e. The van der Waals surface area contributed by atoms with Crippen LogP contribution in [0.3, 0.4) is 0 Å². The second-order valence-corrected chi connectivity index (χ2v) is 4.65. The maximum atomic E-state index is 13.4. The van der Waals surface area contributed by atoms with Gasteiger partial charge in [-0.15, -0.1) is 5.10 Å². The van der Waals surface area contributed by atoms with E-state index in [2.05, 4.69) is 25.9 Å². The van der Waals surface area contributed by atoms with Crippen LogP contribution in [0, 0.1) is 5.82 Å². The lowest BCUT2D eigenvalue weighted by Gasteiger charge is -2.06. The average Bonchev–Trinajstić information content (AvgIpc) is 3.05. The molecule has 0 saturated heterocycles. The molecule has 0 aliphatic carbocycles. The molecule has 0 aliphatic rings. The lowest BCUT2D eigenvalue weighted by atomic mass is 10.3. The summed E-state index contributed by atoms with van der Waals surface area (Å²) in [7, 11) is 0. The molecule has 23 heavy (non-hydrogen) atoms. The highest BCUT2D eigenvalue weighted by Gasteiger charge is 2.07. The zero-order valence-corrected chi connectivity index (χ0v) is 12.0. The first-order chi connectivity index (χ1) is 11.2. The third-order valence-corrected chi connectivity index (χ3v) is 3.00. The van der Waals surface area contributed by atoms with Gasteiger partial charge in [0.25, 0.3) is 0 Å². The van der Waals surface area contributed by atoms with Crippen molar-refractivity contribution in [1.29, 1.82) is 0 Å². The number of nitrogens with zero attached hydrogens (tertiary/aromatic N) is 4. The van der Waals surface area contributed by atoms with Crippen LogP contribution in [0.25, 0.3) is 5.69 Å². The van der Waals surface area contributed by atoms with E-state index in [0.717, 1.165) is 5.69 Å². The molecule has 0 spiro atoms. The minimum absolute atomic E-state index is 0.115. The van der Waals surface area contributed by atoms with E-state index < -0.39 is 11.8 Å². The lowest BCUT2D eigenvalue weighted by molar-refractivity contribution is 0.251. The van der Waals surface area contributed by atoms with Crippen LogP contribution in [0.1, 0.15) is 5.69 Å². The number of hydrogen-bond acceptors (Lipinski definition) is 4. The molecule has 0 radical (unpaired) electrons. The molecule has 0 fully saturated rings. The Hall–Kier alpha value is -3.29. The van der Waals surface area contributed by atoms with E-state index in [-0.39, 0.29) is 12.2 Å². The molecule has 2 aromatic heterocycles. The van der Waals surface area contributed by atoms with Gasteiger partial charge < -0.3 is 10.6 Å². The smallest absolute Gasteiger partial charge is 0.319 e. The number of para-hydroxylation sites is 1. The van der Waals surface area contributed by atoms with E-state index in [9.17, 15) is 9.18 Å². The number of hydrogen-bond donors (Lipinski definition) is 2. The van der Waals surface area contributed by atoms with Crippen molar-refractivity contribution in [3.05, 3.63) is 66.5 Å². The minimum Gasteiger partial charge on any atom is -0.332 e. The van der Waals surface area contributed by atoms with E-state index in [4.69, 9.17) is 0 Å². The van der Waals surface area contributed by atoms with E-state index in [1.54, 1.807) is 41.5 Å². The molecule has 0 aliphatic heterocycles. The summed E-state index contributed by atoms with van der Waals surface area (Å²) in [5, 5.41) is 12.9. The van der Waals surface area contributed by atoms with Crippen molar-refractivity contribution < 1.29 is 9.18 Å². The Kier molecular flexibility index (Phi) is 4.23. The highest BCUT2D eigenvalue weighted by molar-refractivity contribution is 5.89. The summed E-state index contributed by atoms with van der Waals surface area (Å²) in [6.07, 6.45) is 4.99. The Morgan fingerprint density at radius 3 is 2.87 bits per heavy atom. The molecule has 0 bridgehead atoms. The molecular formula is C15H13FN6O. The molecule has 2 amide bonds. The third kappa shape index (κ3) is 3.67. The van der Waals surface area contributed by atoms with Gasteiger partial charge in [-0.2, -0.15) is 0 Å².